The molecule has 0 heterocycles. The normalized spacial score (nSPS) is 10.0. The van der Waals surface area contributed by atoms with Crippen LogP contribution < -0.4 is 5.73 Å². The minimum atomic E-state index is 0.601. The summed E-state index contributed by atoms with van der Waals surface area (Å²) in [5.41, 5.74) is 5.01. The number of nitrogens with two attached hydrogens (primary N) is 1. The molecule has 0 aliphatic carbocycles. The van der Waals surface area contributed by atoms with Crippen molar-refractivity contribution >= 4 is 0 Å². The SMILES string of the molecule is [CH2]C=CCN. The van der Waals surface area contributed by atoms with E-state index in [2.05, 4.69) is 6.92 Å². The molecule has 0 atom stereocenters. The third-order valence-corrected chi connectivity index (χ3v) is 0.303. The van der Waals surface area contributed by atoms with Crippen molar-refractivity contribution in [1.29, 1.82) is 0 Å². The minimum Gasteiger partial charge on any atom is -0.327 e. The second-order valence-electron chi connectivity index (χ2n) is 0.707. The van der Waals surface area contributed by atoms with Gasteiger partial charge in [0.05, 0.1) is 0 Å². The van der Waals surface area contributed by atoms with Crippen LogP contribution in [0.1, 0.15) is 0 Å². The summed E-state index contributed by atoms with van der Waals surface area (Å²) in [6.45, 7) is 4.02. The van der Waals surface area contributed by atoms with E-state index in [9.17, 15) is 0 Å². The maximum atomic E-state index is 5.01. The van der Waals surface area contributed by atoms with Gasteiger partial charge < -0.3 is 5.73 Å². The molecule has 0 aromatic heterocycles. The summed E-state index contributed by atoms with van der Waals surface area (Å²) in [7, 11) is 0. The molecule has 29 valence electrons. The molecule has 5 heavy (non-hydrogen) atoms. The molecule has 0 fully saturated rings. The summed E-state index contributed by atoms with van der Waals surface area (Å²) in [6, 6.07) is 0. The van der Waals surface area contributed by atoms with Crippen LogP contribution in [0.15, 0.2) is 12.2 Å². The van der Waals surface area contributed by atoms with Crippen molar-refractivity contribution < 1.29 is 0 Å². The molecule has 0 aliphatic heterocycles. The standard InChI is InChI=1S/C4H8N/c1-2-3-4-5/h2-3H,1,4-5H2. The van der Waals surface area contributed by atoms with Crippen molar-refractivity contribution in [2.45, 2.75) is 0 Å². The van der Waals surface area contributed by atoms with E-state index in [0.717, 1.165) is 0 Å². The average Bonchev–Trinajstić information content (AvgIpc) is 1.41. The largest absolute Gasteiger partial charge is 0.327 e. The third kappa shape index (κ3) is 3.70. The lowest BCUT2D eigenvalue weighted by atomic mass is 10.5. The van der Waals surface area contributed by atoms with Crippen LogP contribution in [0.2, 0.25) is 0 Å². The summed E-state index contributed by atoms with van der Waals surface area (Å²) >= 11 is 0. The van der Waals surface area contributed by atoms with Gasteiger partial charge in [0.25, 0.3) is 0 Å². The molecule has 2 N–H and O–H groups in total. The molecule has 0 unspecified atom stereocenters. The Kier molecular flexibility index (Phi) is 3.48. The topological polar surface area (TPSA) is 26.0 Å². The summed E-state index contributed by atoms with van der Waals surface area (Å²) < 4.78 is 0. The van der Waals surface area contributed by atoms with Gasteiger partial charge >= 0.3 is 0 Å². The van der Waals surface area contributed by atoms with Gasteiger partial charge in [-0.2, -0.15) is 0 Å². The first-order valence-electron chi connectivity index (χ1n) is 1.56. The van der Waals surface area contributed by atoms with E-state index in [4.69, 9.17) is 5.73 Å². The van der Waals surface area contributed by atoms with Gasteiger partial charge in [-0.1, -0.05) is 12.2 Å². The Morgan fingerprint density at radius 1 is 1.80 bits per heavy atom. The van der Waals surface area contributed by atoms with Crippen LogP contribution in [0.25, 0.3) is 0 Å². The van der Waals surface area contributed by atoms with Gasteiger partial charge in [0, 0.05) is 6.54 Å². The number of allylic oxidation sites excluding steroid dienone is 1. The molecular formula is C4H8N. The molecular weight excluding hydrogens is 62.1 g/mol. The molecule has 0 amide bonds. The predicted molar refractivity (Wildman–Crippen MR) is 23.6 cm³/mol. The zero-order valence-corrected chi connectivity index (χ0v) is 3.15. The van der Waals surface area contributed by atoms with E-state index >= 15 is 0 Å². The van der Waals surface area contributed by atoms with Crippen molar-refractivity contribution in [1.82, 2.24) is 0 Å². The first kappa shape index (κ1) is 4.70. The Labute approximate surface area is 32.5 Å². The first-order chi connectivity index (χ1) is 2.41. The monoisotopic (exact) mass is 70.1 g/mol. The van der Waals surface area contributed by atoms with Crippen LogP contribution >= 0.6 is 0 Å². The smallest absolute Gasteiger partial charge is 0.0106 e. The van der Waals surface area contributed by atoms with Crippen LogP contribution in [0.5, 0.6) is 0 Å². The van der Waals surface area contributed by atoms with Crippen LogP contribution in [0.3, 0.4) is 0 Å². The Hall–Kier alpha value is -0.300. The minimum absolute atomic E-state index is 0.601. The van der Waals surface area contributed by atoms with Gasteiger partial charge in [-0.3, -0.25) is 0 Å². The summed E-state index contributed by atoms with van der Waals surface area (Å²) in [5.74, 6) is 0. The molecule has 0 saturated heterocycles. The predicted octanol–water partition coefficient (Wildman–Crippen LogP) is 0.335. The second-order valence-corrected chi connectivity index (χ2v) is 0.707. The summed E-state index contributed by atoms with van der Waals surface area (Å²) in [4.78, 5) is 0. The highest BCUT2D eigenvalue weighted by Gasteiger charge is 1.51. The van der Waals surface area contributed by atoms with E-state index in [1.165, 1.54) is 0 Å². The molecule has 0 rings (SSSR count). The summed E-state index contributed by atoms with van der Waals surface area (Å²) in [5, 5.41) is 0. The Morgan fingerprint density at radius 2 is 2.40 bits per heavy atom. The van der Waals surface area contributed by atoms with Gasteiger partial charge in [-0.25, -0.2) is 0 Å². The zero-order valence-electron chi connectivity index (χ0n) is 3.15. The van der Waals surface area contributed by atoms with Crippen molar-refractivity contribution in [2.75, 3.05) is 6.54 Å². The van der Waals surface area contributed by atoms with E-state index in [1.54, 1.807) is 12.2 Å². The van der Waals surface area contributed by atoms with E-state index in [0.29, 0.717) is 6.54 Å². The first-order valence-corrected chi connectivity index (χ1v) is 1.56. The maximum absolute atomic E-state index is 5.01. The van der Waals surface area contributed by atoms with Crippen molar-refractivity contribution in [3.63, 3.8) is 0 Å². The summed E-state index contributed by atoms with van der Waals surface area (Å²) in [6.07, 6.45) is 3.47. The van der Waals surface area contributed by atoms with E-state index in [1.807, 2.05) is 0 Å². The number of hydrogen-bond donors (Lipinski definition) is 1. The fourth-order valence-corrected chi connectivity index (χ4v) is 0.0962. The van der Waals surface area contributed by atoms with Crippen LogP contribution in [-0.4, -0.2) is 6.54 Å². The van der Waals surface area contributed by atoms with Gasteiger partial charge in [0.2, 0.25) is 0 Å². The average molecular weight is 70.1 g/mol. The van der Waals surface area contributed by atoms with Gasteiger partial charge in [-0.05, 0) is 6.92 Å². The van der Waals surface area contributed by atoms with Crippen molar-refractivity contribution in [3.05, 3.63) is 19.1 Å². The quantitative estimate of drug-likeness (QED) is 0.473. The van der Waals surface area contributed by atoms with Gasteiger partial charge in [0.1, 0.15) is 0 Å². The molecule has 0 bridgehead atoms. The maximum Gasteiger partial charge on any atom is 0.0106 e. The molecule has 0 aromatic rings. The lowest BCUT2D eigenvalue weighted by Gasteiger charge is -1.67. The highest BCUT2D eigenvalue weighted by molar-refractivity contribution is 4.83. The number of rotatable bonds is 1. The van der Waals surface area contributed by atoms with Gasteiger partial charge in [-0.15, -0.1) is 0 Å². The van der Waals surface area contributed by atoms with E-state index in [-0.39, 0.29) is 0 Å². The Morgan fingerprint density at radius 3 is 2.40 bits per heavy atom. The molecule has 0 saturated carbocycles. The lowest BCUT2D eigenvalue weighted by Crippen LogP contribution is -1.91. The lowest BCUT2D eigenvalue weighted by molar-refractivity contribution is 1.25. The van der Waals surface area contributed by atoms with Gasteiger partial charge in [0.15, 0.2) is 0 Å². The number of hydrogen-bond acceptors (Lipinski definition) is 1. The van der Waals surface area contributed by atoms with Crippen molar-refractivity contribution in [3.8, 4) is 0 Å². The molecule has 0 aliphatic rings. The highest BCUT2D eigenvalue weighted by atomic mass is 14.5. The molecule has 0 spiro atoms. The molecule has 1 radical (unpaired) electrons. The van der Waals surface area contributed by atoms with Crippen LogP contribution in [-0.2, 0) is 0 Å². The second kappa shape index (κ2) is 3.70. The molecule has 1 nitrogen and oxygen atoms in total. The Balaban J connectivity index is 2.62. The zero-order chi connectivity index (χ0) is 4.12. The highest BCUT2D eigenvalue weighted by Crippen LogP contribution is 1.56. The van der Waals surface area contributed by atoms with Crippen LogP contribution in [0, 0.1) is 6.92 Å². The van der Waals surface area contributed by atoms with E-state index < -0.39 is 0 Å². The molecule has 0 aromatic carbocycles. The van der Waals surface area contributed by atoms with Crippen molar-refractivity contribution in [2.24, 2.45) is 5.73 Å². The third-order valence-electron chi connectivity index (χ3n) is 0.303. The fraction of sp³-hybridized carbons (Fsp3) is 0.250. The fourth-order valence-electron chi connectivity index (χ4n) is 0.0962. The molecule has 1 heteroatoms. The Bertz CT molecular complexity index is 30.6. The van der Waals surface area contributed by atoms with Crippen LogP contribution in [0.4, 0.5) is 0 Å².